The number of hydrogen-bond acceptors (Lipinski definition) is 8. The van der Waals surface area contributed by atoms with E-state index < -0.39 is 24.3 Å². The highest BCUT2D eigenvalue weighted by Crippen LogP contribution is 2.32. The molecule has 4 heterocycles. The molecule has 0 saturated carbocycles. The van der Waals surface area contributed by atoms with Crippen molar-refractivity contribution >= 4 is 23.3 Å². The number of ether oxygens (including phenoxy) is 2. The van der Waals surface area contributed by atoms with Gasteiger partial charge < -0.3 is 19.7 Å². The van der Waals surface area contributed by atoms with Gasteiger partial charge in [-0.15, -0.1) is 11.3 Å². The summed E-state index contributed by atoms with van der Waals surface area (Å²) >= 11 is 1.71. The predicted molar refractivity (Wildman–Crippen MR) is 111 cm³/mol. The highest BCUT2D eigenvalue weighted by atomic mass is 32.1. The number of alkyl halides is 6. The van der Waals surface area contributed by atoms with Crippen LogP contribution in [-0.2, 0) is 20.9 Å². The topological polar surface area (TPSA) is 122 Å². The number of pyridine rings is 1. The van der Waals surface area contributed by atoms with Crippen molar-refractivity contribution in [2.45, 2.75) is 50.0 Å². The van der Waals surface area contributed by atoms with Crippen LogP contribution in [-0.4, -0.2) is 80.8 Å². The van der Waals surface area contributed by atoms with Crippen molar-refractivity contribution in [3.63, 3.8) is 0 Å². The van der Waals surface area contributed by atoms with Crippen molar-refractivity contribution in [3.8, 4) is 5.88 Å². The van der Waals surface area contributed by atoms with E-state index in [2.05, 4.69) is 14.9 Å². The van der Waals surface area contributed by atoms with Crippen LogP contribution < -0.4 is 4.74 Å². The number of aliphatic carboxylic acids is 2. The number of thiazole rings is 1. The molecule has 2 N–H and O–H groups in total. The summed E-state index contributed by atoms with van der Waals surface area (Å²) in [5.74, 6) is -4.84. The van der Waals surface area contributed by atoms with Crippen LogP contribution in [0.1, 0.15) is 17.8 Å². The first-order valence-corrected chi connectivity index (χ1v) is 11.1. The van der Waals surface area contributed by atoms with Gasteiger partial charge in [0.15, 0.2) is 0 Å². The fourth-order valence-corrected chi connectivity index (χ4v) is 4.01. The van der Waals surface area contributed by atoms with Crippen LogP contribution in [0, 0.1) is 0 Å². The summed E-state index contributed by atoms with van der Waals surface area (Å²) in [7, 11) is 0. The lowest BCUT2D eigenvalue weighted by Crippen LogP contribution is -2.42. The summed E-state index contributed by atoms with van der Waals surface area (Å²) in [6, 6.07) is 6.17. The van der Waals surface area contributed by atoms with Gasteiger partial charge in [-0.25, -0.2) is 19.6 Å². The second kappa shape index (κ2) is 12.8. The minimum Gasteiger partial charge on any atom is -0.475 e. The number of carbonyl (C=O) groups is 2. The summed E-state index contributed by atoms with van der Waals surface area (Å²) in [4.78, 5) is 28.9. The molecule has 2 aliphatic rings. The van der Waals surface area contributed by atoms with Crippen LogP contribution in [0.15, 0.2) is 36.0 Å². The van der Waals surface area contributed by atoms with Gasteiger partial charge in [0.2, 0.25) is 5.88 Å². The molecule has 2 saturated heterocycles. The van der Waals surface area contributed by atoms with E-state index in [0.29, 0.717) is 11.9 Å². The summed E-state index contributed by atoms with van der Waals surface area (Å²) < 4.78 is 75.6. The van der Waals surface area contributed by atoms with Gasteiger partial charge in [0.1, 0.15) is 17.2 Å². The molecule has 0 amide bonds. The maximum atomic E-state index is 10.6. The fourth-order valence-electron chi connectivity index (χ4n) is 3.37. The Balaban J connectivity index is 0.000000271. The van der Waals surface area contributed by atoms with Crippen LogP contribution in [0.4, 0.5) is 26.3 Å². The first kappa shape index (κ1) is 29.3. The molecule has 0 spiro atoms. The Morgan fingerprint density at radius 2 is 1.72 bits per heavy atom. The third-order valence-corrected chi connectivity index (χ3v) is 5.56. The van der Waals surface area contributed by atoms with Gasteiger partial charge in [0, 0.05) is 43.0 Å². The summed E-state index contributed by atoms with van der Waals surface area (Å²) in [6.45, 7) is 2.57. The first-order chi connectivity index (χ1) is 16.8. The van der Waals surface area contributed by atoms with E-state index in [0.717, 1.165) is 37.5 Å². The molecular weight excluding hydrogens is 524 g/mol. The molecule has 2 aliphatic heterocycles. The first-order valence-electron chi connectivity index (χ1n) is 10.2. The Bertz CT molecular complexity index is 937. The zero-order valence-electron chi connectivity index (χ0n) is 18.3. The molecule has 0 aromatic carbocycles. The van der Waals surface area contributed by atoms with Gasteiger partial charge in [-0.3, -0.25) is 4.90 Å². The Labute approximate surface area is 204 Å². The Hall–Kier alpha value is -2.98. The normalized spacial score (nSPS) is 21.8. The lowest BCUT2D eigenvalue weighted by atomic mass is 10.0. The van der Waals surface area contributed by atoms with E-state index in [1.54, 1.807) is 17.5 Å². The van der Waals surface area contributed by atoms with Crippen molar-refractivity contribution in [2.24, 2.45) is 0 Å². The Kier molecular flexibility index (Phi) is 10.4. The van der Waals surface area contributed by atoms with Crippen molar-refractivity contribution in [1.82, 2.24) is 14.9 Å². The average Bonchev–Trinajstić information content (AvgIpc) is 3.43. The fraction of sp³-hybridized carbons (Fsp3) is 0.500. The maximum absolute atomic E-state index is 10.6. The molecule has 0 unspecified atom stereocenters. The maximum Gasteiger partial charge on any atom is 0.490 e. The van der Waals surface area contributed by atoms with E-state index in [1.807, 2.05) is 29.8 Å². The van der Waals surface area contributed by atoms with E-state index in [1.165, 1.54) is 0 Å². The monoisotopic (exact) mass is 545 g/mol. The van der Waals surface area contributed by atoms with Gasteiger partial charge in [-0.1, -0.05) is 6.07 Å². The Morgan fingerprint density at radius 1 is 1.08 bits per heavy atom. The van der Waals surface area contributed by atoms with Crippen molar-refractivity contribution in [3.05, 3.63) is 41.0 Å². The predicted octanol–water partition coefficient (Wildman–Crippen LogP) is 3.62. The van der Waals surface area contributed by atoms with Crippen molar-refractivity contribution < 1.29 is 55.6 Å². The van der Waals surface area contributed by atoms with Crippen LogP contribution in [0.3, 0.4) is 0 Å². The molecule has 200 valence electrons. The highest BCUT2D eigenvalue weighted by molar-refractivity contribution is 7.09. The molecular formula is C20H21F6N3O6S. The molecule has 16 heteroatoms. The summed E-state index contributed by atoms with van der Waals surface area (Å²) in [5, 5.41) is 17.4. The minimum atomic E-state index is -5.08. The lowest BCUT2D eigenvalue weighted by molar-refractivity contribution is -0.193. The van der Waals surface area contributed by atoms with E-state index in [4.69, 9.17) is 29.3 Å². The van der Waals surface area contributed by atoms with E-state index >= 15 is 0 Å². The number of hydrogen-bond donors (Lipinski definition) is 2. The minimum absolute atomic E-state index is 0.0418. The molecule has 2 aromatic rings. The zero-order chi connectivity index (χ0) is 26.9. The number of halogens is 6. The largest absolute Gasteiger partial charge is 0.490 e. The van der Waals surface area contributed by atoms with Crippen LogP contribution >= 0.6 is 11.3 Å². The Morgan fingerprint density at radius 3 is 2.22 bits per heavy atom. The van der Waals surface area contributed by atoms with Gasteiger partial charge >= 0.3 is 24.3 Å². The molecule has 2 fully saturated rings. The summed E-state index contributed by atoms with van der Waals surface area (Å²) in [6.07, 6.45) is -4.08. The number of rotatable bonds is 4. The number of nitrogens with zero attached hydrogens (tertiary/aromatic N) is 3. The standard InChI is InChI=1S/C16H19N3O2S.2C2HF3O2/c1-2-6-17-14(5-1)21-13-10-19(11-15-18-7-9-22-15)12-4-3-8-20-16(12)13;2*3-2(4,5)1(6)7/h1-2,5-7,9,12-13,16H,3-4,8,10-11H2;2*(H,6,7)/t12-,13-,16+;;/m1../s1. The molecule has 0 bridgehead atoms. The quantitative estimate of drug-likeness (QED) is 0.555. The molecule has 0 radical (unpaired) electrons. The van der Waals surface area contributed by atoms with Crippen LogP contribution in [0.25, 0.3) is 0 Å². The van der Waals surface area contributed by atoms with Crippen molar-refractivity contribution in [1.29, 1.82) is 0 Å². The average molecular weight is 545 g/mol. The van der Waals surface area contributed by atoms with Crippen LogP contribution in [0.5, 0.6) is 5.88 Å². The number of fused-ring (bicyclic) bond motifs is 1. The van der Waals surface area contributed by atoms with Gasteiger partial charge in [0.25, 0.3) is 0 Å². The third-order valence-electron chi connectivity index (χ3n) is 4.80. The van der Waals surface area contributed by atoms with E-state index in [9.17, 15) is 26.3 Å². The molecule has 36 heavy (non-hydrogen) atoms. The smallest absolute Gasteiger partial charge is 0.475 e. The number of aromatic nitrogens is 2. The molecule has 0 aliphatic carbocycles. The summed E-state index contributed by atoms with van der Waals surface area (Å²) in [5.41, 5.74) is 0. The van der Waals surface area contributed by atoms with Gasteiger partial charge in [0.05, 0.1) is 6.54 Å². The van der Waals surface area contributed by atoms with Gasteiger partial charge in [-0.2, -0.15) is 26.3 Å². The van der Waals surface area contributed by atoms with Crippen LogP contribution in [0.2, 0.25) is 0 Å². The van der Waals surface area contributed by atoms with E-state index in [-0.39, 0.29) is 12.2 Å². The second-order valence-electron chi connectivity index (χ2n) is 7.33. The number of carboxylic acid groups (broad SMARTS) is 2. The molecule has 3 atom stereocenters. The molecule has 9 nitrogen and oxygen atoms in total. The number of carboxylic acids is 2. The zero-order valence-corrected chi connectivity index (χ0v) is 19.1. The lowest BCUT2D eigenvalue weighted by Gasteiger charge is -2.31. The number of likely N-dealkylation sites (tertiary alicyclic amines) is 1. The highest BCUT2D eigenvalue weighted by Gasteiger charge is 2.45. The van der Waals surface area contributed by atoms with Crippen molar-refractivity contribution in [2.75, 3.05) is 13.2 Å². The molecule has 2 aromatic heterocycles. The molecule has 4 rings (SSSR count). The second-order valence-corrected chi connectivity index (χ2v) is 8.31. The third kappa shape index (κ3) is 9.23. The SMILES string of the molecule is O=C(O)C(F)(F)F.O=C(O)C(F)(F)F.c1ccc(O[C@@H]2CN(Cc3nccs3)[C@@H]3CCCO[C@@H]32)nc1. The van der Waals surface area contributed by atoms with Gasteiger partial charge in [-0.05, 0) is 18.9 Å².